The minimum atomic E-state index is -3.03. The minimum absolute atomic E-state index is 0.0478. The van der Waals surface area contributed by atoms with Crippen LogP contribution in [0.3, 0.4) is 0 Å². The van der Waals surface area contributed by atoms with Crippen LogP contribution in [0.1, 0.15) is 23.2 Å². The zero-order chi connectivity index (χ0) is 20.1. The van der Waals surface area contributed by atoms with E-state index >= 15 is 0 Å². The smallest absolute Gasteiger partial charge is 0.387 e. The largest absolute Gasteiger partial charge is 0.434 e. The monoisotopic (exact) mass is 390 g/mol. The van der Waals surface area contributed by atoms with Crippen LogP contribution in [0.2, 0.25) is 0 Å². The van der Waals surface area contributed by atoms with Gasteiger partial charge in [-0.3, -0.25) is 9.59 Å². The van der Waals surface area contributed by atoms with Crippen molar-refractivity contribution in [1.29, 1.82) is 0 Å². The molecule has 1 atom stereocenters. The Morgan fingerprint density at radius 3 is 2.75 bits per heavy atom. The minimum Gasteiger partial charge on any atom is -0.434 e. The van der Waals surface area contributed by atoms with Gasteiger partial charge in [0.2, 0.25) is 5.91 Å². The fourth-order valence-electron chi connectivity index (χ4n) is 3.11. The lowest BCUT2D eigenvalue weighted by atomic mass is 9.96. The van der Waals surface area contributed by atoms with E-state index in [0.29, 0.717) is 30.9 Å². The summed E-state index contributed by atoms with van der Waals surface area (Å²) in [5, 5.41) is 2.76. The van der Waals surface area contributed by atoms with E-state index in [0.717, 1.165) is 0 Å². The van der Waals surface area contributed by atoms with Gasteiger partial charge in [0.1, 0.15) is 11.6 Å². The molecule has 7 nitrogen and oxygen atoms in total. The molecule has 1 aliphatic heterocycles. The van der Waals surface area contributed by atoms with Crippen LogP contribution in [0.25, 0.3) is 0 Å². The van der Waals surface area contributed by atoms with Gasteiger partial charge in [-0.25, -0.2) is 4.98 Å². The maximum atomic E-state index is 12.8. The van der Waals surface area contributed by atoms with Gasteiger partial charge in [0.25, 0.3) is 5.91 Å². The molecule has 1 aromatic heterocycles. The number of para-hydroxylation sites is 1. The lowest BCUT2D eigenvalue weighted by Gasteiger charge is -2.32. The normalized spacial score (nSPS) is 16.7. The summed E-state index contributed by atoms with van der Waals surface area (Å²) >= 11 is 0. The van der Waals surface area contributed by atoms with Crippen LogP contribution in [0.5, 0.6) is 5.75 Å². The second-order valence-electron chi connectivity index (χ2n) is 6.43. The van der Waals surface area contributed by atoms with Crippen LogP contribution in [0, 0.1) is 5.92 Å². The number of likely N-dealkylation sites (tertiary alicyclic amines) is 1. The van der Waals surface area contributed by atoms with Crippen molar-refractivity contribution in [3.8, 4) is 5.75 Å². The number of nitrogens with zero attached hydrogens (tertiary/aromatic N) is 2. The third kappa shape index (κ3) is 4.73. The van der Waals surface area contributed by atoms with Gasteiger partial charge in [0, 0.05) is 13.1 Å². The lowest BCUT2D eigenvalue weighted by Crippen LogP contribution is -2.43. The molecule has 3 N–H and O–H groups in total. The summed E-state index contributed by atoms with van der Waals surface area (Å²) in [6.07, 6.45) is 2.70. The molecule has 0 aliphatic carbocycles. The fraction of sp³-hybridized carbons (Fsp3) is 0.316. The number of ether oxygens (including phenoxy) is 1. The molecule has 0 spiro atoms. The summed E-state index contributed by atoms with van der Waals surface area (Å²) in [6.45, 7) is -2.40. The van der Waals surface area contributed by atoms with Crippen molar-refractivity contribution in [3.63, 3.8) is 0 Å². The van der Waals surface area contributed by atoms with Gasteiger partial charge >= 0.3 is 6.61 Å². The van der Waals surface area contributed by atoms with Crippen molar-refractivity contribution in [1.82, 2.24) is 9.88 Å². The van der Waals surface area contributed by atoms with Crippen molar-refractivity contribution in [3.05, 3.63) is 48.2 Å². The van der Waals surface area contributed by atoms with Crippen LogP contribution in [0.15, 0.2) is 42.6 Å². The molecule has 0 bridgehead atoms. The third-order valence-electron chi connectivity index (χ3n) is 4.47. The third-order valence-corrected chi connectivity index (χ3v) is 4.47. The molecule has 148 valence electrons. The van der Waals surface area contributed by atoms with E-state index in [1.807, 2.05) is 0 Å². The Hall–Kier alpha value is -3.23. The maximum absolute atomic E-state index is 12.8. The highest BCUT2D eigenvalue weighted by molar-refractivity contribution is 5.98. The number of nitrogen functional groups attached to an aromatic ring is 1. The Kier molecular flexibility index (Phi) is 6.03. The number of benzene rings is 1. The molecule has 0 radical (unpaired) electrons. The molecule has 3 rings (SSSR count). The Balaban J connectivity index is 1.68. The number of halogens is 2. The van der Waals surface area contributed by atoms with Crippen molar-refractivity contribution in [2.24, 2.45) is 5.92 Å². The first-order chi connectivity index (χ1) is 13.4. The molecule has 28 heavy (non-hydrogen) atoms. The number of nitrogens with two attached hydrogens (primary N) is 1. The Bertz CT molecular complexity index is 845. The molecule has 1 fully saturated rings. The highest BCUT2D eigenvalue weighted by atomic mass is 19.3. The van der Waals surface area contributed by atoms with E-state index in [1.165, 1.54) is 29.3 Å². The van der Waals surface area contributed by atoms with E-state index < -0.39 is 18.4 Å². The van der Waals surface area contributed by atoms with Crippen molar-refractivity contribution >= 4 is 23.3 Å². The summed E-state index contributed by atoms with van der Waals surface area (Å²) in [4.78, 5) is 30.8. The zero-order valence-corrected chi connectivity index (χ0v) is 15.0. The average Bonchev–Trinajstić information content (AvgIpc) is 2.69. The summed E-state index contributed by atoms with van der Waals surface area (Å²) < 4.78 is 29.6. The van der Waals surface area contributed by atoms with Gasteiger partial charge in [-0.05, 0) is 37.1 Å². The van der Waals surface area contributed by atoms with Gasteiger partial charge in [0.15, 0.2) is 0 Å². The SMILES string of the molecule is Nc1ccc(NC(=O)C2CCCN(C(=O)c3ccccc3OC(F)F)C2)cn1. The van der Waals surface area contributed by atoms with Crippen molar-refractivity contribution in [2.45, 2.75) is 19.5 Å². The summed E-state index contributed by atoms with van der Waals surface area (Å²) in [7, 11) is 0. The van der Waals surface area contributed by atoms with E-state index in [1.54, 1.807) is 18.2 Å². The summed E-state index contributed by atoms with van der Waals surface area (Å²) in [5.41, 5.74) is 6.08. The van der Waals surface area contributed by atoms with Gasteiger partial charge in [0.05, 0.1) is 23.4 Å². The number of aromatic nitrogens is 1. The molecule has 9 heteroatoms. The summed E-state index contributed by atoms with van der Waals surface area (Å²) in [5.74, 6) is -0.929. The van der Waals surface area contributed by atoms with E-state index in [4.69, 9.17) is 5.73 Å². The van der Waals surface area contributed by atoms with Crippen molar-refractivity contribution < 1.29 is 23.1 Å². The average molecular weight is 390 g/mol. The quantitative estimate of drug-likeness (QED) is 0.818. The number of alkyl halides is 2. The van der Waals surface area contributed by atoms with Crippen LogP contribution < -0.4 is 15.8 Å². The Morgan fingerprint density at radius 2 is 2.04 bits per heavy atom. The number of pyridine rings is 1. The van der Waals surface area contributed by atoms with E-state index in [9.17, 15) is 18.4 Å². The molecule has 1 unspecified atom stereocenters. The predicted molar refractivity (Wildman–Crippen MR) is 99.0 cm³/mol. The molecule has 0 saturated carbocycles. The second kappa shape index (κ2) is 8.64. The van der Waals surface area contributed by atoms with Crippen LogP contribution in [-0.2, 0) is 4.79 Å². The summed E-state index contributed by atoms with van der Waals surface area (Å²) in [6, 6.07) is 9.07. The number of nitrogens with one attached hydrogen (secondary N) is 1. The lowest BCUT2D eigenvalue weighted by molar-refractivity contribution is -0.121. The number of piperidine rings is 1. The fourth-order valence-corrected chi connectivity index (χ4v) is 3.11. The molecule has 2 amide bonds. The first kappa shape index (κ1) is 19.5. The van der Waals surface area contributed by atoms with E-state index in [2.05, 4.69) is 15.0 Å². The van der Waals surface area contributed by atoms with Crippen LogP contribution >= 0.6 is 0 Å². The maximum Gasteiger partial charge on any atom is 0.387 e. The number of rotatable bonds is 5. The number of amides is 2. The number of carbonyl (C=O) groups excluding carboxylic acids is 2. The highest BCUT2D eigenvalue weighted by Gasteiger charge is 2.30. The van der Waals surface area contributed by atoms with Gasteiger partial charge in [-0.15, -0.1) is 0 Å². The molecule has 1 aliphatic rings. The molecule has 1 saturated heterocycles. The Labute approximate surface area is 160 Å². The number of carbonyl (C=O) groups is 2. The topological polar surface area (TPSA) is 97.6 Å². The predicted octanol–water partition coefficient (Wildman–Crippen LogP) is 2.76. The molecule has 2 heterocycles. The van der Waals surface area contributed by atoms with Gasteiger partial charge in [-0.2, -0.15) is 8.78 Å². The molecule has 2 aromatic rings. The molecular weight excluding hydrogens is 370 g/mol. The standard InChI is InChI=1S/C19H20F2N4O3/c20-19(21)28-15-6-2-1-5-14(15)18(27)25-9-3-4-12(11-25)17(26)24-13-7-8-16(22)23-10-13/h1-2,5-8,10,12,19H,3-4,9,11H2,(H2,22,23)(H,24,26). The molecule has 1 aromatic carbocycles. The first-order valence-electron chi connectivity index (χ1n) is 8.79. The van der Waals surface area contributed by atoms with Crippen molar-refractivity contribution in [2.75, 3.05) is 24.1 Å². The number of hydrogen-bond donors (Lipinski definition) is 2. The number of hydrogen-bond acceptors (Lipinski definition) is 5. The first-order valence-corrected chi connectivity index (χ1v) is 8.79. The van der Waals surface area contributed by atoms with Gasteiger partial charge < -0.3 is 20.7 Å². The van der Waals surface area contributed by atoms with Crippen LogP contribution in [0.4, 0.5) is 20.3 Å². The number of anilines is 2. The highest BCUT2D eigenvalue weighted by Crippen LogP contribution is 2.25. The van der Waals surface area contributed by atoms with E-state index in [-0.39, 0.29) is 23.8 Å². The Morgan fingerprint density at radius 1 is 1.25 bits per heavy atom. The second-order valence-corrected chi connectivity index (χ2v) is 6.43. The molecular formula is C19H20F2N4O3. The van der Waals surface area contributed by atoms with Gasteiger partial charge in [-0.1, -0.05) is 12.1 Å². The van der Waals surface area contributed by atoms with Crippen LogP contribution in [-0.4, -0.2) is 41.4 Å². The zero-order valence-electron chi connectivity index (χ0n) is 15.0.